The predicted octanol–water partition coefficient (Wildman–Crippen LogP) is 15.1. The molecule has 6 aromatic rings. The molecule has 2 saturated carbocycles. The van der Waals surface area contributed by atoms with Gasteiger partial charge in [-0.15, -0.1) is 0 Å². The van der Waals surface area contributed by atoms with Gasteiger partial charge in [-0.1, -0.05) is 109 Å². The maximum atomic E-state index is 14.0. The minimum absolute atomic E-state index is 0.0137. The Morgan fingerprint density at radius 1 is 0.590 bits per heavy atom. The second-order valence-corrected chi connectivity index (χ2v) is 28.9. The molecule has 414 valence electrons. The van der Waals surface area contributed by atoms with Gasteiger partial charge in [-0.25, -0.2) is 0 Å². The summed E-state index contributed by atoms with van der Waals surface area (Å²) in [6.07, 6.45) is 6.72. The molecule has 0 unspecified atom stereocenters. The highest BCUT2D eigenvalue weighted by Crippen LogP contribution is 2.41. The van der Waals surface area contributed by atoms with Gasteiger partial charge in [0.05, 0.1) is 39.5 Å². The Labute approximate surface area is 474 Å². The Kier molecular flexibility index (Phi) is 19.5. The fraction of sp³-hybridized carbons (Fsp3) is 0.424. The van der Waals surface area contributed by atoms with Crippen molar-refractivity contribution in [2.24, 2.45) is 11.8 Å². The molecule has 0 atom stereocenters. The number of halogens is 1. The molecule has 1 heterocycles. The van der Waals surface area contributed by atoms with E-state index in [0.29, 0.717) is 25.9 Å². The zero-order chi connectivity index (χ0) is 55.7. The fourth-order valence-electron chi connectivity index (χ4n) is 10.8. The number of hydrogen-bond acceptors (Lipinski definition) is 8. The molecule has 1 N–H and O–H groups in total. The number of ether oxygens (including phenoxy) is 3. The van der Waals surface area contributed by atoms with Crippen molar-refractivity contribution >= 4 is 53.1 Å². The van der Waals surface area contributed by atoms with Crippen molar-refractivity contribution in [3.8, 4) is 33.8 Å². The summed E-state index contributed by atoms with van der Waals surface area (Å²) in [4.78, 5) is 34.1. The number of hydrogen-bond donors (Lipinski definition) is 1. The predicted molar refractivity (Wildman–Crippen MR) is 324 cm³/mol. The van der Waals surface area contributed by atoms with Crippen LogP contribution in [0.25, 0.3) is 22.3 Å². The molecule has 1 saturated heterocycles. The van der Waals surface area contributed by atoms with Gasteiger partial charge in [0.25, 0.3) is 0 Å². The summed E-state index contributed by atoms with van der Waals surface area (Å²) in [5, 5.41) is 10.2. The molecule has 0 radical (unpaired) electrons. The number of methoxy groups -OCH3 is 3. The Balaban J connectivity index is 0.000000206. The zero-order valence-corrected chi connectivity index (χ0v) is 50.3. The second kappa shape index (κ2) is 26.0. The van der Waals surface area contributed by atoms with Crippen LogP contribution in [0.3, 0.4) is 0 Å². The third kappa shape index (κ3) is 14.5. The number of benzene rings is 6. The molecule has 0 bridgehead atoms. The zero-order valence-electron chi connectivity index (χ0n) is 47.7. The maximum Gasteiger partial charge on any atom is 0.230 e. The van der Waals surface area contributed by atoms with E-state index in [9.17, 15) is 14.7 Å². The summed E-state index contributed by atoms with van der Waals surface area (Å²) in [6.45, 7) is 18.4. The van der Waals surface area contributed by atoms with E-state index in [1.165, 1.54) is 0 Å². The highest BCUT2D eigenvalue weighted by molar-refractivity contribution is 9.10. The quantitative estimate of drug-likeness (QED) is 0.0957. The van der Waals surface area contributed by atoms with Crippen LogP contribution in [0, 0.1) is 25.7 Å². The third-order valence-corrected chi connectivity index (χ3v) is 21.8. The number of nitrogens with zero attached hydrogens (tertiary/aromatic N) is 3. The van der Waals surface area contributed by atoms with Crippen LogP contribution in [0.1, 0.15) is 94.4 Å². The molecular formula is C66H82BrN3O7Si. The molecule has 3 fully saturated rings. The first-order chi connectivity index (χ1) is 37.3. The van der Waals surface area contributed by atoms with Gasteiger partial charge >= 0.3 is 0 Å². The Bertz CT molecular complexity index is 2960. The monoisotopic (exact) mass is 1140 g/mol. The van der Waals surface area contributed by atoms with Crippen molar-refractivity contribution in [3.05, 3.63) is 160 Å². The van der Waals surface area contributed by atoms with E-state index in [1.807, 2.05) is 65.3 Å². The summed E-state index contributed by atoms with van der Waals surface area (Å²) in [6, 6.07) is 45.8. The van der Waals surface area contributed by atoms with Crippen molar-refractivity contribution in [3.63, 3.8) is 0 Å². The minimum atomic E-state index is -1.82. The van der Waals surface area contributed by atoms with Gasteiger partial charge in [-0.3, -0.25) is 9.59 Å². The van der Waals surface area contributed by atoms with Crippen molar-refractivity contribution in [2.45, 2.75) is 136 Å². The van der Waals surface area contributed by atoms with Gasteiger partial charge in [0.2, 0.25) is 11.8 Å². The summed E-state index contributed by atoms with van der Waals surface area (Å²) in [7, 11) is 3.32. The lowest BCUT2D eigenvalue weighted by atomic mass is 9.86. The van der Waals surface area contributed by atoms with Crippen LogP contribution in [-0.2, 0) is 31.8 Å². The largest absolute Gasteiger partial charge is 0.496 e. The molecule has 78 heavy (non-hydrogen) atoms. The summed E-state index contributed by atoms with van der Waals surface area (Å²) in [5.74, 6) is 2.07. The van der Waals surface area contributed by atoms with Crippen LogP contribution in [0.2, 0.25) is 18.1 Å². The molecule has 10 nitrogen and oxygen atoms in total. The lowest BCUT2D eigenvalue weighted by Crippen LogP contribution is -2.51. The smallest absolute Gasteiger partial charge is 0.230 e. The van der Waals surface area contributed by atoms with E-state index in [0.717, 1.165) is 129 Å². The van der Waals surface area contributed by atoms with Gasteiger partial charge in [-0.05, 0) is 189 Å². The number of carbonyl (C=O) groups is 2. The van der Waals surface area contributed by atoms with Crippen molar-refractivity contribution in [2.75, 3.05) is 49.1 Å². The molecular weight excluding hydrogens is 1050 g/mol. The maximum absolute atomic E-state index is 14.0. The van der Waals surface area contributed by atoms with Gasteiger partial charge in [0.1, 0.15) is 11.5 Å². The highest BCUT2D eigenvalue weighted by Gasteiger charge is 2.41. The fourth-order valence-corrected chi connectivity index (χ4v) is 12.6. The number of carbonyl (C=O) groups excluding carboxylic acids is 2. The summed E-state index contributed by atoms with van der Waals surface area (Å²) in [5.41, 5.74) is 11.9. The van der Waals surface area contributed by atoms with Crippen LogP contribution in [-0.4, -0.2) is 78.0 Å². The molecule has 1 aliphatic heterocycles. The number of aliphatic hydroxyl groups excluding tert-OH is 1. The number of aliphatic hydroxyl groups is 1. The Morgan fingerprint density at radius 2 is 1.04 bits per heavy atom. The Morgan fingerprint density at radius 3 is 1.47 bits per heavy atom. The van der Waals surface area contributed by atoms with Crippen molar-refractivity contribution in [1.29, 1.82) is 0 Å². The van der Waals surface area contributed by atoms with E-state index in [4.69, 9.17) is 18.6 Å². The van der Waals surface area contributed by atoms with E-state index >= 15 is 0 Å². The molecule has 0 spiro atoms. The van der Waals surface area contributed by atoms with Gasteiger partial charge < -0.3 is 38.4 Å². The summed E-state index contributed by atoms with van der Waals surface area (Å²) < 4.78 is 23.9. The average Bonchev–Trinajstić information content (AvgIpc) is 3.42. The minimum Gasteiger partial charge on any atom is -0.496 e. The van der Waals surface area contributed by atoms with Crippen LogP contribution in [0.4, 0.5) is 17.1 Å². The van der Waals surface area contributed by atoms with Crippen LogP contribution < -0.4 is 24.2 Å². The highest BCUT2D eigenvalue weighted by atomic mass is 79.9. The molecule has 0 aromatic heterocycles. The molecule has 2 aliphatic carbocycles. The summed E-state index contributed by atoms with van der Waals surface area (Å²) >= 11 is 3.60. The lowest BCUT2D eigenvalue weighted by molar-refractivity contribution is -0.124. The van der Waals surface area contributed by atoms with Crippen LogP contribution in [0.5, 0.6) is 11.5 Å². The standard InChI is InChI=1S/C34H44BrNO3Si.C32H38N2O4/c1-24-21-28(17-20-32(24)38-5)26-13-11-25(12-14-26)23-36(30-10-8-9-29(35)22-30)33(37)27-15-18-31(19-16-27)39-40(6,7)34(2,3)4;1-22-17-26(13-16-31(22)38-3)24-9-7-23(8-10-24)19-34(32(36)25-11-14-29(35)15-12-25)28-6-4-5-27(18-28)33-20-30(21-33)37-2/h8-14,17,20-22,27,31H,15-16,18-19,23H2,1-7H3;4-10,13,16-18,25,29-30,35H,11-12,14-15,19-21H2,1-3H3. The molecule has 9 rings (SSSR count). The van der Waals surface area contributed by atoms with Gasteiger partial charge in [0.15, 0.2) is 8.32 Å². The third-order valence-electron chi connectivity index (χ3n) is 16.7. The molecule has 3 aliphatic rings. The van der Waals surface area contributed by atoms with E-state index in [1.54, 1.807) is 21.3 Å². The lowest BCUT2D eigenvalue weighted by Gasteiger charge is -2.41. The van der Waals surface area contributed by atoms with Gasteiger partial charge in [0, 0.05) is 59.7 Å². The van der Waals surface area contributed by atoms with Crippen LogP contribution in [0.15, 0.2) is 138 Å². The number of rotatable bonds is 16. The van der Waals surface area contributed by atoms with Crippen molar-refractivity contribution in [1.82, 2.24) is 0 Å². The normalized spacial score (nSPS) is 18.7. The second-order valence-electron chi connectivity index (χ2n) is 23.2. The van der Waals surface area contributed by atoms with Gasteiger partial charge in [-0.2, -0.15) is 0 Å². The Hall–Kier alpha value is -5.76. The number of amides is 2. The topological polar surface area (TPSA) is 101 Å². The first kappa shape index (κ1) is 58.4. The molecule has 2 amide bonds. The van der Waals surface area contributed by atoms with Crippen molar-refractivity contribution < 1.29 is 33.3 Å². The van der Waals surface area contributed by atoms with E-state index < -0.39 is 8.32 Å². The van der Waals surface area contributed by atoms with E-state index in [-0.39, 0.29) is 47.0 Å². The number of aryl methyl sites for hydroxylation is 2. The van der Waals surface area contributed by atoms with E-state index in [2.05, 4.69) is 147 Å². The number of anilines is 3. The average molecular weight is 1140 g/mol. The van der Waals surface area contributed by atoms with Crippen LogP contribution >= 0.6 is 15.9 Å². The molecule has 6 aromatic carbocycles. The first-order valence-electron chi connectivity index (χ1n) is 27.9. The first-order valence-corrected chi connectivity index (χ1v) is 31.6. The molecule has 12 heteroatoms. The SMILES string of the molecule is COc1ccc(-c2ccc(CN(C(=O)C3CCC(O)CC3)c3cccc(N4CC(OC)C4)c3)cc2)cc1C.COc1ccc(-c2ccc(CN(C(=O)C3CCC(O[Si](C)(C)C(C)(C)C)CC3)c3cccc(Br)c3)cc2)cc1C.